The van der Waals surface area contributed by atoms with E-state index in [9.17, 15) is 4.79 Å². The zero-order valence-electron chi connectivity index (χ0n) is 9.59. The molecule has 80 valence electrons. The van der Waals surface area contributed by atoms with Gasteiger partial charge in [0.05, 0.1) is 6.61 Å². The standard InChI is InChI=1S/C12H20O2/c1-10(13)14-9-8-12(4)7-5-6-11(12,2)3/h5,7H,6,8-9H2,1-4H3/t12-/m0/s1. The van der Waals surface area contributed by atoms with Gasteiger partial charge in [0.25, 0.3) is 0 Å². The summed E-state index contributed by atoms with van der Waals surface area (Å²) in [6.07, 6.45) is 6.52. The third kappa shape index (κ3) is 2.17. The van der Waals surface area contributed by atoms with Gasteiger partial charge in [-0.25, -0.2) is 0 Å². The van der Waals surface area contributed by atoms with Gasteiger partial charge in [0.2, 0.25) is 0 Å². The van der Waals surface area contributed by atoms with E-state index in [0.717, 1.165) is 12.8 Å². The SMILES string of the molecule is CC(=O)OCC[C@]1(C)C=CCC1(C)C. The van der Waals surface area contributed by atoms with Crippen LogP contribution in [0.25, 0.3) is 0 Å². The zero-order chi connectivity index (χ0) is 10.8. The van der Waals surface area contributed by atoms with Crippen molar-refractivity contribution in [1.82, 2.24) is 0 Å². The average molecular weight is 196 g/mol. The monoisotopic (exact) mass is 196 g/mol. The third-order valence-electron chi connectivity index (χ3n) is 3.59. The van der Waals surface area contributed by atoms with Crippen LogP contribution in [0.15, 0.2) is 12.2 Å². The molecule has 0 saturated carbocycles. The predicted molar refractivity (Wildman–Crippen MR) is 56.9 cm³/mol. The zero-order valence-corrected chi connectivity index (χ0v) is 9.59. The van der Waals surface area contributed by atoms with E-state index in [1.165, 1.54) is 6.92 Å². The second-order valence-electron chi connectivity index (χ2n) is 5.00. The Morgan fingerprint density at radius 1 is 1.43 bits per heavy atom. The normalized spacial score (nSPS) is 29.1. The van der Waals surface area contributed by atoms with Crippen molar-refractivity contribution < 1.29 is 9.53 Å². The molecule has 0 aromatic heterocycles. The summed E-state index contributed by atoms with van der Waals surface area (Å²) in [6.45, 7) is 8.75. The van der Waals surface area contributed by atoms with Crippen LogP contribution in [0.5, 0.6) is 0 Å². The number of carbonyl (C=O) groups excluding carboxylic acids is 1. The molecule has 0 bridgehead atoms. The highest BCUT2D eigenvalue weighted by Gasteiger charge is 2.41. The molecule has 0 heterocycles. The van der Waals surface area contributed by atoms with Crippen molar-refractivity contribution in [2.24, 2.45) is 10.8 Å². The number of esters is 1. The Hall–Kier alpha value is -0.790. The fraction of sp³-hybridized carbons (Fsp3) is 0.750. The van der Waals surface area contributed by atoms with E-state index < -0.39 is 0 Å². The predicted octanol–water partition coefficient (Wildman–Crippen LogP) is 2.93. The Balaban J connectivity index is 2.50. The second kappa shape index (κ2) is 3.76. The molecule has 0 unspecified atom stereocenters. The van der Waals surface area contributed by atoms with Gasteiger partial charge in [-0.15, -0.1) is 0 Å². The van der Waals surface area contributed by atoms with Crippen LogP contribution in [-0.2, 0) is 9.53 Å². The van der Waals surface area contributed by atoms with Gasteiger partial charge in [-0.1, -0.05) is 32.9 Å². The first kappa shape index (κ1) is 11.3. The van der Waals surface area contributed by atoms with E-state index in [2.05, 4.69) is 32.9 Å². The maximum Gasteiger partial charge on any atom is 0.302 e. The summed E-state index contributed by atoms with van der Waals surface area (Å²) in [4.78, 5) is 10.6. The molecule has 0 spiro atoms. The largest absolute Gasteiger partial charge is 0.466 e. The molecule has 0 amide bonds. The molecule has 1 aliphatic rings. The molecule has 1 rings (SSSR count). The van der Waals surface area contributed by atoms with E-state index in [1.807, 2.05) is 0 Å². The fourth-order valence-electron chi connectivity index (χ4n) is 1.90. The van der Waals surface area contributed by atoms with Crippen molar-refractivity contribution in [3.63, 3.8) is 0 Å². The van der Waals surface area contributed by atoms with Gasteiger partial charge in [-0.2, -0.15) is 0 Å². The highest BCUT2D eigenvalue weighted by molar-refractivity contribution is 5.65. The second-order valence-corrected chi connectivity index (χ2v) is 5.00. The lowest BCUT2D eigenvalue weighted by molar-refractivity contribution is -0.141. The van der Waals surface area contributed by atoms with Gasteiger partial charge >= 0.3 is 5.97 Å². The van der Waals surface area contributed by atoms with Gasteiger partial charge in [0, 0.05) is 6.92 Å². The third-order valence-corrected chi connectivity index (χ3v) is 3.59. The Morgan fingerprint density at radius 2 is 2.07 bits per heavy atom. The lowest BCUT2D eigenvalue weighted by atomic mass is 9.67. The van der Waals surface area contributed by atoms with E-state index in [1.54, 1.807) is 0 Å². The average Bonchev–Trinajstić information content (AvgIpc) is 2.26. The van der Waals surface area contributed by atoms with Crippen LogP contribution < -0.4 is 0 Å². The Labute approximate surface area is 86.3 Å². The van der Waals surface area contributed by atoms with Crippen LogP contribution >= 0.6 is 0 Å². The van der Waals surface area contributed by atoms with Crippen LogP contribution in [-0.4, -0.2) is 12.6 Å². The Morgan fingerprint density at radius 3 is 2.50 bits per heavy atom. The van der Waals surface area contributed by atoms with Gasteiger partial charge in [0.15, 0.2) is 0 Å². The van der Waals surface area contributed by atoms with Crippen molar-refractivity contribution in [2.45, 2.75) is 40.5 Å². The summed E-state index contributed by atoms with van der Waals surface area (Å²) in [5.74, 6) is -0.187. The summed E-state index contributed by atoms with van der Waals surface area (Å²) in [5, 5.41) is 0. The van der Waals surface area contributed by atoms with E-state index in [4.69, 9.17) is 4.74 Å². The van der Waals surface area contributed by atoms with Crippen molar-refractivity contribution >= 4 is 5.97 Å². The number of allylic oxidation sites excluding steroid dienone is 2. The Kier molecular flexibility index (Phi) is 3.03. The van der Waals surface area contributed by atoms with Crippen LogP contribution in [0, 0.1) is 10.8 Å². The van der Waals surface area contributed by atoms with Crippen LogP contribution in [0.2, 0.25) is 0 Å². The number of carbonyl (C=O) groups is 1. The molecule has 1 atom stereocenters. The summed E-state index contributed by atoms with van der Waals surface area (Å²) in [6, 6.07) is 0. The molecule has 0 aromatic rings. The first-order valence-electron chi connectivity index (χ1n) is 5.18. The van der Waals surface area contributed by atoms with Crippen LogP contribution in [0.3, 0.4) is 0 Å². The Bertz CT molecular complexity index is 253. The lowest BCUT2D eigenvalue weighted by Gasteiger charge is -2.37. The minimum atomic E-state index is -0.187. The number of hydrogen-bond donors (Lipinski definition) is 0. The molecule has 1 aliphatic carbocycles. The maximum absolute atomic E-state index is 10.6. The molecule has 0 aromatic carbocycles. The van der Waals surface area contributed by atoms with Crippen molar-refractivity contribution in [1.29, 1.82) is 0 Å². The lowest BCUT2D eigenvalue weighted by Crippen LogP contribution is -2.31. The topological polar surface area (TPSA) is 26.3 Å². The summed E-state index contributed by atoms with van der Waals surface area (Å²) >= 11 is 0. The summed E-state index contributed by atoms with van der Waals surface area (Å²) < 4.78 is 4.99. The molecule has 0 fully saturated rings. The van der Waals surface area contributed by atoms with Gasteiger partial charge in [-0.3, -0.25) is 4.79 Å². The molecule has 0 aliphatic heterocycles. The van der Waals surface area contributed by atoms with Crippen molar-refractivity contribution in [3.8, 4) is 0 Å². The minimum absolute atomic E-state index is 0.169. The quantitative estimate of drug-likeness (QED) is 0.512. The smallest absolute Gasteiger partial charge is 0.302 e. The summed E-state index contributed by atoms with van der Waals surface area (Å²) in [5.41, 5.74) is 0.454. The first-order valence-corrected chi connectivity index (χ1v) is 5.18. The molecule has 0 N–H and O–H groups in total. The highest BCUT2D eigenvalue weighted by Crippen LogP contribution is 2.49. The van der Waals surface area contributed by atoms with Gasteiger partial charge in [-0.05, 0) is 23.7 Å². The van der Waals surface area contributed by atoms with E-state index in [0.29, 0.717) is 6.61 Å². The van der Waals surface area contributed by atoms with Crippen LogP contribution in [0.4, 0.5) is 0 Å². The minimum Gasteiger partial charge on any atom is -0.466 e. The molecular weight excluding hydrogens is 176 g/mol. The first-order chi connectivity index (χ1) is 6.37. The van der Waals surface area contributed by atoms with E-state index in [-0.39, 0.29) is 16.8 Å². The molecule has 14 heavy (non-hydrogen) atoms. The number of rotatable bonds is 3. The highest BCUT2D eigenvalue weighted by atomic mass is 16.5. The molecule has 2 nitrogen and oxygen atoms in total. The maximum atomic E-state index is 10.6. The molecule has 0 saturated heterocycles. The number of ether oxygens (including phenoxy) is 1. The van der Waals surface area contributed by atoms with Gasteiger partial charge < -0.3 is 4.74 Å². The summed E-state index contributed by atoms with van der Waals surface area (Å²) in [7, 11) is 0. The van der Waals surface area contributed by atoms with E-state index >= 15 is 0 Å². The number of hydrogen-bond acceptors (Lipinski definition) is 2. The molecule has 0 radical (unpaired) electrons. The van der Waals surface area contributed by atoms with Gasteiger partial charge in [0.1, 0.15) is 0 Å². The van der Waals surface area contributed by atoms with Crippen molar-refractivity contribution in [3.05, 3.63) is 12.2 Å². The molecular formula is C12H20O2. The fourth-order valence-corrected chi connectivity index (χ4v) is 1.90. The van der Waals surface area contributed by atoms with Crippen LogP contribution in [0.1, 0.15) is 40.5 Å². The van der Waals surface area contributed by atoms with Crippen molar-refractivity contribution in [2.75, 3.05) is 6.61 Å². The molecule has 2 heteroatoms.